The van der Waals surface area contributed by atoms with Gasteiger partial charge in [-0.3, -0.25) is 0 Å². The third-order valence-electron chi connectivity index (χ3n) is 1.86. The van der Waals surface area contributed by atoms with Gasteiger partial charge >= 0.3 is 0 Å². The van der Waals surface area contributed by atoms with Crippen LogP contribution in [0.15, 0.2) is 0 Å². The third kappa shape index (κ3) is 2.62. The summed E-state index contributed by atoms with van der Waals surface area (Å²) in [6.07, 6.45) is -4.37. The number of hydrogen-bond acceptors (Lipinski definition) is 5. The van der Waals surface area contributed by atoms with Crippen LogP contribution in [0.2, 0.25) is 0 Å². The first kappa shape index (κ1) is 10.9. The molecule has 0 aromatic rings. The molecule has 5 nitrogen and oxygen atoms in total. The maximum atomic E-state index is 9.40. The van der Waals surface area contributed by atoms with Crippen LogP contribution in [0.5, 0.6) is 0 Å². The molecule has 0 aromatic heterocycles. The molecule has 78 valence electrons. The molecule has 1 fully saturated rings. The van der Waals surface area contributed by atoms with E-state index in [4.69, 9.17) is 14.6 Å². The summed E-state index contributed by atoms with van der Waals surface area (Å²) < 4.78 is 10.2. The van der Waals surface area contributed by atoms with E-state index < -0.39 is 24.6 Å². The molecule has 0 spiro atoms. The Kier molecular flexibility index (Phi) is 3.63. The maximum absolute atomic E-state index is 9.40. The zero-order chi connectivity index (χ0) is 10.0. The Bertz CT molecular complexity index is 161. The van der Waals surface area contributed by atoms with Crippen LogP contribution in [0, 0.1) is 0 Å². The fraction of sp³-hybridized carbons (Fsp3) is 1.00. The van der Waals surface area contributed by atoms with Gasteiger partial charge in [0.15, 0.2) is 6.29 Å². The Morgan fingerprint density at radius 3 is 2.38 bits per heavy atom. The highest BCUT2D eigenvalue weighted by Crippen LogP contribution is 2.17. The fourth-order valence-electron chi connectivity index (χ4n) is 1.17. The molecule has 4 atom stereocenters. The lowest BCUT2D eigenvalue weighted by atomic mass is 10.1. The van der Waals surface area contributed by atoms with Crippen molar-refractivity contribution >= 4 is 0 Å². The molecule has 1 aliphatic rings. The number of rotatable bonds is 2. The molecule has 0 bridgehead atoms. The van der Waals surface area contributed by atoms with Crippen molar-refractivity contribution in [2.45, 2.75) is 44.6 Å². The van der Waals surface area contributed by atoms with E-state index >= 15 is 0 Å². The summed E-state index contributed by atoms with van der Waals surface area (Å²) in [6, 6.07) is 0. The first-order valence-electron chi connectivity index (χ1n) is 4.33. The average Bonchev–Trinajstić information content (AvgIpc) is 2.06. The van der Waals surface area contributed by atoms with Crippen molar-refractivity contribution in [2.24, 2.45) is 0 Å². The van der Waals surface area contributed by atoms with Crippen molar-refractivity contribution in [3.8, 4) is 0 Å². The van der Waals surface area contributed by atoms with E-state index in [0.717, 1.165) is 0 Å². The molecule has 3 N–H and O–H groups in total. The Labute approximate surface area is 76.9 Å². The van der Waals surface area contributed by atoms with E-state index in [-0.39, 0.29) is 12.7 Å². The molecule has 1 saturated heterocycles. The molecular formula is C8H16O5. The van der Waals surface area contributed by atoms with Crippen molar-refractivity contribution in [3.05, 3.63) is 0 Å². The molecule has 0 radical (unpaired) electrons. The van der Waals surface area contributed by atoms with E-state index in [1.807, 2.05) is 0 Å². The molecule has 0 aromatic carbocycles. The fourth-order valence-corrected chi connectivity index (χ4v) is 1.17. The van der Waals surface area contributed by atoms with E-state index in [1.165, 1.54) is 0 Å². The Morgan fingerprint density at radius 2 is 1.85 bits per heavy atom. The SMILES string of the molecule is CC(C)O[C@@H]1OC[C@H](O)[C@H](O)C1O. The molecule has 5 heteroatoms. The zero-order valence-corrected chi connectivity index (χ0v) is 7.75. The minimum absolute atomic E-state index is 0.0182. The second kappa shape index (κ2) is 4.34. The number of ether oxygens (including phenoxy) is 2. The van der Waals surface area contributed by atoms with Crippen LogP contribution in [-0.2, 0) is 9.47 Å². The van der Waals surface area contributed by atoms with Gasteiger partial charge in [-0.25, -0.2) is 0 Å². The van der Waals surface area contributed by atoms with Crippen LogP contribution >= 0.6 is 0 Å². The summed E-state index contributed by atoms with van der Waals surface area (Å²) in [5.41, 5.74) is 0. The van der Waals surface area contributed by atoms with E-state index in [9.17, 15) is 10.2 Å². The van der Waals surface area contributed by atoms with Gasteiger partial charge in [0, 0.05) is 0 Å². The zero-order valence-electron chi connectivity index (χ0n) is 7.75. The van der Waals surface area contributed by atoms with Crippen LogP contribution in [-0.4, -0.2) is 52.6 Å². The lowest BCUT2D eigenvalue weighted by Gasteiger charge is -2.35. The van der Waals surface area contributed by atoms with Gasteiger partial charge in [0.1, 0.15) is 18.3 Å². The van der Waals surface area contributed by atoms with Crippen molar-refractivity contribution in [3.63, 3.8) is 0 Å². The average molecular weight is 192 g/mol. The number of hydrogen-bond donors (Lipinski definition) is 3. The van der Waals surface area contributed by atoms with Gasteiger partial charge in [-0.2, -0.15) is 0 Å². The number of aliphatic hydroxyl groups is 3. The smallest absolute Gasteiger partial charge is 0.186 e. The molecule has 0 amide bonds. The summed E-state index contributed by atoms with van der Waals surface area (Å²) in [5.74, 6) is 0. The Morgan fingerprint density at radius 1 is 1.23 bits per heavy atom. The van der Waals surface area contributed by atoms with Crippen LogP contribution in [0.1, 0.15) is 13.8 Å². The van der Waals surface area contributed by atoms with Crippen LogP contribution < -0.4 is 0 Å². The van der Waals surface area contributed by atoms with Crippen LogP contribution in [0.3, 0.4) is 0 Å². The molecule has 13 heavy (non-hydrogen) atoms. The summed E-state index contributed by atoms with van der Waals surface area (Å²) in [6.45, 7) is 3.58. The Balaban J connectivity index is 2.48. The normalized spacial score (nSPS) is 41.1. The maximum Gasteiger partial charge on any atom is 0.186 e. The molecule has 0 aliphatic carbocycles. The lowest BCUT2D eigenvalue weighted by molar-refractivity contribution is -0.278. The summed E-state index contributed by atoms with van der Waals surface area (Å²) in [5, 5.41) is 27.8. The summed E-state index contributed by atoms with van der Waals surface area (Å²) >= 11 is 0. The molecule has 1 unspecified atom stereocenters. The quantitative estimate of drug-likeness (QED) is 0.515. The van der Waals surface area contributed by atoms with Gasteiger partial charge in [-0.1, -0.05) is 0 Å². The first-order valence-corrected chi connectivity index (χ1v) is 4.33. The predicted octanol–water partition coefficient (Wildman–Crippen LogP) is -1.15. The molecule has 1 aliphatic heterocycles. The highest BCUT2D eigenvalue weighted by molar-refractivity contribution is 4.82. The van der Waals surface area contributed by atoms with Gasteiger partial charge in [0.25, 0.3) is 0 Å². The van der Waals surface area contributed by atoms with Crippen molar-refractivity contribution in [2.75, 3.05) is 6.61 Å². The van der Waals surface area contributed by atoms with Crippen LogP contribution in [0.4, 0.5) is 0 Å². The van der Waals surface area contributed by atoms with E-state index in [0.29, 0.717) is 0 Å². The highest BCUT2D eigenvalue weighted by Gasteiger charge is 2.38. The molecular weight excluding hydrogens is 176 g/mol. The Hall–Kier alpha value is -0.200. The minimum Gasteiger partial charge on any atom is -0.388 e. The summed E-state index contributed by atoms with van der Waals surface area (Å²) in [7, 11) is 0. The monoisotopic (exact) mass is 192 g/mol. The highest BCUT2D eigenvalue weighted by atomic mass is 16.7. The van der Waals surface area contributed by atoms with Crippen LogP contribution in [0.25, 0.3) is 0 Å². The van der Waals surface area contributed by atoms with Gasteiger partial charge in [0.2, 0.25) is 0 Å². The number of aliphatic hydroxyl groups excluding tert-OH is 3. The van der Waals surface area contributed by atoms with Gasteiger partial charge in [-0.05, 0) is 13.8 Å². The topological polar surface area (TPSA) is 79.2 Å². The van der Waals surface area contributed by atoms with E-state index in [1.54, 1.807) is 13.8 Å². The molecule has 0 saturated carbocycles. The van der Waals surface area contributed by atoms with Gasteiger partial charge in [-0.15, -0.1) is 0 Å². The van der Waals surface area contributed by atoms with Crippen molar-refractivity contribution in [1.29, 1.82) is 0 Å². The minimum atomic E-state index is -1.20. The summed E-state index contributed by atoms with van der Waals surface area (Å²) in [4.78, 5) is 0. The van der Waals surface area contributed by atoms with Gasteiger partial charge in [0.05, 0.1) is 12.7 Å². The lowest BCUT2D eigenvalue weighted by Crippen LogP contribution is -2.54. The third-order valence-corrected chi connectivity index (χ3v) is 1.86. The standard InChI is InChI=1S/C8H16O5/c1-4(2)13-8-7(11)6(10)5(9)3-12-8/h4-11H,3H2,1-2H3/t5-,6-,7?,8-/m0/s1. The van der Waals surface area contributed by atoms with Crippen molar-refractivity contribution < 1.29 is 24.8 Å². The van der Waals surface area contributed by atoms with Gasteiger partial charge < -0.3 is 24.8 Å². The first-order chi connectivity index (χ1) is 6.02. The van der Waals surface area contributed by atoms with E-state index in [2.05, 4.69) is 0 Å². The molecule has 1 rings (SSSR count). The predicted molar refractivity (Wildman–Crippen MR) is 44.0 cm³/mol. The second-order valence-corrected chi connectivity index (χ2v) is 3.44. The largest absolute Gasteiger partial charge is 0.388 e. The second-order valence-electron chi connectivity index (χ2n) is 3.44. The van der Waals surface area contributed by atoms with Crippen molar-refractivity contribution in [1.82, 2.24) is 0 Å². The molecule has 1 heterocycles.